The lowest BCUT2D eigenvalue weighted by molar-refractivity contribution is -0.122. The lowest BCUT2D eigenvalue weighted by atomic mass is 10.2. The second-order valence-electron chi connectivity index (χ2n) is 3.99. The van der Waals surface area contributed by atoms with Gasteiger partial charge in [-0.3, -0.25) is 9.59 Å². The molecule has 1 atom stereocenters. The monoisotopic (exact) mass is 254 g/mol. The Balaban J connectivity index is 2.12. The van der Waals surface area contributed by atoms with Crippen molar-refractivity contribution in [2.45, 2.75) is 25.8 Å². The van der Waals surface area contributed by atoms with Crippen molar-refractivity contribution >= 4 is 11.8 Å². The summed E-state index contributed by atoms with van der Waals surface area (Å²) in [6.45, 7) is 2.04. The third kappa shape index (κ3) is 5.01. The van der Waals surface area contributed by atoms with E-state index in [-0.39, 0.29) is 30.2 Å². The molecule has 6 nitrogen and oxygen atoms in total. The highest BCUT2D eigenvalue weighted by molar-refractivity contribution is 5.91. The van der Waals surface area contributed by atoms with Crippen molar-refractivity contribution in [2.24, 2.45) is 0 Å². The number of carbonyl (C=O) groups is 2. The first kappa shape index (κ1) is 14.2. The molecular formula is C12H18N2O4. The largest absolute Gasteiger partial charge is 0.459 e. The minimum atomic E-state index is -0.288. The second-order valence-corrected chi connectivity index (χ2v) is 3.99. The van der Waals surface area contributed by atoms with Gasteiger partial charge in [0, 0.05) is 19.0 Å². The van der Waals surface area contributed by atoms with Crippen LogP contribution in [0.5, 0.6) is 0 Å². The molecule has 0 saturated heterocycles. The van der Waals surface area contributed by atoms with E-state index in [1.165, 1.54) is 6.26 Å². The fourth-order valence-corrected chi connectivity index (χ4v) is 1.34. The summed E-state index contributed by atoms with van der Waals surface area (Å²) in [5.41, 5.74) is 0. The zero-order chi connectivity index (χ0) is 13.4. The summed E-state index contributed by atoms with van der Waals surface area (Å²) in [4.78, 5) is 22.8. The van der Waals surface area contributed by atoms with Crippen molar-refractivity contribution < 1.29 is 19.1 Å². The van der Waals surface area contributed by atoms with Crippen LogP contribution in [-0.4, -0.2) is 36.1 Å². The molecule has 1 aromatic heterocycles. The Morgan fingerprint density at radius 3 is 2.89 bits per heavy atom. The van der Waals surface area contributed by atoms with Gasteiger partial charge < -0.3 is 20.2 Å². The van der Waals surface area contributed by atoms with Gasteiger partial charge in [-0.2, -0.15) is 0 Å². The van der Waals surface area contributed by atoms with E-state index < -0.39 is 0 Å². The van der Waals surface area contributed by atoms with Crippen LogP contribution in [-0.2, 0) is 4.79 Å². The molecule has 1 rings (SSSR count). The third-order valence-electron chi connectivity index (χ3n) is 2.29. The molecule has 1 aromatic rings. The Morgan fingerprint density at radius 2 is 2.28 bits per heavy atom. The number of aliphatic hydroxyl groups excluding tert-OH is 1. The average molecular weight is 254 g/mol. The van der Waals surface area contributed by atoms with Crippen LogP contribution >= 0.6 is 0 Å². The molecule has 1 heterocycles. The molecule has 18 heavy (non-hydrogen) atoms. The van der Waals surface area contributed by atoms with E-state index in [0.717, 1.165) is 0 Å². The maximum Gasteiger partial charge on any atom is 0.286 e. The maximum atomic E-state index is 11.4. The van der Waals surface area contributed by atoms with E-state index in [9.17, 15) is 9.59 Å². The summed E-state index contributed by atoms with van der Waals surface area (Å²) < 4.78 is 4.92. The van der Waals surface area contributed by atoms with Crippen LogP contribution in [0.3, 0.4) is 0 Å². The molecule has 0 spiro atoms. The van der Waals surface area contributed by atoms with Crippen LogP contribution < -0.4 is 10.6 Å². The summed E-state index contributed by atoms with van der Waals surface area (Å²) in [6.07, 6.45) is 2.28. The molecule has 0 unspecified atom stereocenters. The van der Waals surface area contributed by atoms with Crippen LogP contribution in [0, 0.1) is 0 Å². The van der Waals surface area contributed by atoms with Crippen molar-refractivity contribution in [1.29, 1.82) is 0 Å². The molecular weight excluding hydrogens is 236 g/mol. The van der Waals surface area contributed by atoms with Crippen molar-refractivity contribution in [3.05, 3.63) is 24.2 Å². The molecule has 0 aromatic carbocycles. The molecule has 6 heteroatoms. The topological polar surface area (TPSA) is 91.6 Å². The van der Waals surface area contributed by atoms with E-state index in [1.54, 1.807) is 19.1 Å². The Labute approximate surface area is 105 Å². The van der Waals surface area contributed by atoms with Crippen LogP contribution in [0.4, 0.5) is 0 Å². The van der Waals surface area contributed by atoms with Crippen molar-refractivity contribution in [3.63, 3.8) is 0 Å². The van der Waals surface area contributed by atoms with E-state index in [2.05, 4.69) is 10.6 Å². The van der Waals surface area contributed by atoms with Crippen LogP contribution in [0.2, 0.25) is 0 Å². The molecule has 3 N–H and O–H groups in total. The van der Waals surface area contributed by atoms with Gasteiger partial charge in [0.25, 0.3) is 5.91 Å². The zero-order valence-electron chi connectivity index (χ0n) is 10.3. The Morgan fingerprint density at radius 1 is 1.50 bits per heavy atom. The standard InChI is InChI=1S/C12H18N2O4/c1-9(8-15)14-11(16)5-2-6-13-12(17)10-4-3-7-18-10/h3-4,7,9,15H,2,5-6,8H2,1H3,(H,13,17)(H,14,16)/t9-/m0/s1. The number of amides is 2. The predicted molar refractivity (Wildman–Crippen MR) is 65.0 cm³/mol. The van der Waals surface area contributed by atoms with Gasteiger partial charge in [-0.1, -0.05) is 0 Å². The van der Waals surface area contributed by atoms with Gasteiger partial charge >= 0.3 is 0 Å². The van der Waals surface area contributed by atoms with Crippen molar-refractivity contribution in [1.82, 2.24) is 10.6 Å². The quantitative estimate of drug-likeness (QED) is 0.610. The van der Waals surface area contributed by atoms with Crippen LogP contribution in [0.15, 0.2) is 22.8 Å². The van der Waals surface area contributed by atoms with E-state index >= 15 is 0 Å². The summed E-state index contributed by atoms with van der Waals surface area (Å²) in [6, 6.07) is 2.97. The molecule has 100 valence electrons. The summed E-state index contributed by atoms with van der Waals surface area (Å²) in [7, 11) is 0. The lowest BCUT2D eigenvalue weighted by Crippen LogP contribution is -2.35. The number of nitrogens with one attached hydrogen (secondary N) is 2. The number of hydrogen-bond donors (Lipinski definition) is 3. The molecule has 0 fully saturated rings. The molecule has 0 aliphatic carbocycles. The minimum absolute atomic E-state index is 0.0824. The first-order valence-corrected chi connectivity index (χ1v) is 5.85. The fraction of sp³-hybridized carbons (Fsp3) is 0.500. The van der Waals surface area contributed by atoms with Gasteiger partial charge in [-0.25, -0.2) is 0 Å². The third-order valence-corrected chi connectivity index (χ3v) is 2.29. The summed E-state index contributed by atoms with van der Waals surface area (Å²) in [5.74, 6) is -0.165. The van der Waals surface area contributed by atoms with Gasteiger partial charge in [0.05, 0.1) is 12.9 Å². The molecule has 0 saturated carbocycles. The fourth-order valence-electron chi connectivity index (χ4n) is 1.34. The highest BCUT2D eigenvalue weighted by Gasteiger charge is 2.08. The van der Waals surface area contributed by atoms with Crippen molar-refractivity contribution in [3.8, 4) is 0 Å². The molecule has 0 aliphatic heterocycles. The highest BCUT2D eigenvalue weighted by atomic mass is 16.3. The molecule has 0 bridgehead atoms. The van der Waals surface area contributed by atoms with E-state index in [0.29, 0.717) is 19.4 Å². The van der Waals surface area contributed by atoms with Gasteiger partial charge in [-0.05, 0) is 25.5 Å². The second kappa shape index (κ2) is 7.50. The predicted octanol–water partition coefficient (Wildman–Crippen LogP) is 0.287. The highest BCUT2D eigenvalue weighted by Crippen LogP contribution is 1.99. The number of hydrogen-bond acceptors (Lipinski definition) is 4. The number of aliphatic hydroxyl groups is 1. The number of rotatable bonds is 7. The Kier molecular flexibility index (Phi) is 5.93. The maximum absolute atomic E-state index is 11.4. The lowest BCUT2D eigenvalue weighted by Gasteiger charge is -2.10. The van der Waals surface area contributed by atoms with Gasteiger partial charge in [0.15, 0.2) is 5.76 Å². The normalized spacial score (nSPS) is 11.9. The first-order valence-electron chi connectivity index (χ1n) is 5.85. The SMILES string of the molecule is C[C@@H](CO)NC(=O)CCCNC(=O)c1ccco1. The smallest absolute Gasteiger partial charge is 0.286 e. The first-order chi connectivity index (χ1) is 8.63. The summed E-state index contributed by atoms with van der Waals surface area (Å²) >= 11 is 0. The Bertz CT molecular complexity index is 375. The zero-order valence-corrected chi connectivity index (χ0v) is 10.3. The minimum Gasteiger partial charge on any atom is -0.459 e. The van der Waals surface area contributed by atoms with Crippen molar-refractivity contribution in [2.75, 3.05) is 13.2 Å². The van der Waals surface area contributed by atoms with E-state index in [1.807, 2.05) is 0 Å². The molecule has 0 radical (unpaired) electrons. The van der Waals surface area contributed by atoms with Gasteiger partial charge in [-0.15, -0.1) is 0 Å². The van der Waals surface area contributed by atoms with Gasteiger partial charge in [0.1, 0.15) is 0 Å². The van der Waals surface area contributed by atoms with Gasteiger partial charge in [0.2, 0.25) is 5.91 Å². The summed E-state index contributed by atoms with van der Waals surface area (Å²) in [5, 5.41) is 14.0. The average Bonchev–Trinajstić information content (AvgIpc) is 2.88. The Hall–Kier alpha value is -1.82. The molecule has 0 aliphatic rings. The number of furan rings is 1. The van der Waals surface area contributed by atoms with Crippen LogP contribution in [0.25, 0.3) is 0 Å². The van der Waals surface area contributed by atoms with E-state index in [4.69, 9.17) is 9.52 Å². The molecule has 2 amide bonds. The van der Waals surface area contributed by atoms with Crippen LogP contribution in [0.1, 0.15) is 30.3 Å². The number of carbonyl (C=O) groups excluding carboxylic acids is 2.